The molecule has 0 aromatic carbocycles. The van der Waals surface area contributed by atoms with Gasteiger partial charge in [-0.3, -0.25) is 0 Å². The molecule has 0 aromatic heterocycles. The lowest BCUT2D eigenvalue weighted by Crippen LogP contribution is -0.856. The molecule has 36 heteroatoms. The molecule has 0 aliphatic carbocycles. The Morgan fingerprint density at radius 3 is 0.128 bits per heavy atom. The lowest BCUT2D eigenvalue weighted by Gasteiger charge is -1.07. The Balaban J connectivity index is -0.0000000000476. The lowest BCUT2D eigenvalue weighted by molar-refractivity contribution is 0.823. The summed E-state index contributed by atoms with van der Waals surface area (Å²) in [7, 11) is 0. The van der Waals surface area contributed by atoms with Gasteiger partial charge in [0.15, 0.2) is 0 Å². The van der Waals surface area contributed by atoms with E-state index < -0.39 is 0 Å². The fourth-order valence-electron chi connectivity index (χ4n) is 0. The molecule has 0 bridgehead atoms. The summed E-state index contributed by atoms with van der Waals surface area (Å²) in [6.45, 7) is 12.0. The highest BCUT2D eigenvalue weighted by Gasteiger charge is 0.936. The number of hydrogen-bond donors (Lipinski definition) is 12. The van der Waals surface area contributed by atoms with Crippen LogP contribution in [0.25, 0.3) is 0 Å². The van der Waals surface area contributed by atoms with Gasteiger partial charge in [0, 0.05) is 0 Å². The van der Waals surface area contributed by atoms with E-state index in [1.54, 1.807) is 0 Å². The summed E-state index contributed by atoms with van der Waals surface area (Å²) < 4.78 is 0. The molecule has 78 N–H and O–H groups in total. The highest BCUT2D eigenvalue weighted by Crippen LogP contribution is 1.15. The van der Waals surface area contributed by atoms with Crippen molar-refractivity contribution in [3.05, 3.63) is 0 Å². The minimum Gasteiger partial charge on any atom is -0.412 e. The van der Waals surface area contributed by atoms with Crippen LogP contribution in [0.15, 0.2) is 0 Å². The molecular formula is C11H122N12O21S3. The van der Waals surface area contributed by atoms with E-state index in [4.69, 9.17) is 0 Å². The molecule has 0 amide bonds. The quantitative estimate of drug-likeness (QED) is 0.108. The van der Waals surface area contributed by atoms with Crippen molar-refractivity contribution in [3.8, 4) is 0 Å². The van der Waals surface area contributed by atoms with Gasteiger partial charge in [-0.05, 0) is 0 Å². The summed E-state index contributed by atoms with van der Waals surface area (Å²) in [6, 6.07) is 0. The zero-order valence-electron chi connectivity index (χ0n) is 26.5. The molecule has 0 unspecified atom stereocenters. The third kappa shape index (κ3) is 1200000. The molecule has 0 saturated carbocycles. The maximum atomic E-state index is 2.00. The fourth-order valence-corrected chi connectivity index (χ4v) is 0. The largest absolute Gasteiger partial charge is 0.412 e. The van der Waals surface area contributed by atoms with Crippen molar-refractivity contribution in [1.82, 2.24) is 73.8 Å². The molecule has 0 rings (SSSR count). The molecule has 0 aliphatic heterocycles. The Labute approximate surface area is 308 Å². The van der Waals surface area contributed by atoms with Crippen molar-refractivity contribution in [2.45, 2.75) is 78.7 Å². The lowest BCUT2D eigenvalue weighted by atomic mass is 11.0. The maximum Gasteiger partial charge on any atom is -0.0683 e. The van der Waals surface area contributed by atoms with Crippen LogP contribution in [0, 0.1) is 0 Å². The van der Waals surface area contributed by atoms with E-state index in [0.29, 0.717) is 0 Å². The van der Waals surface area contributed by atoms with Gasteiger partial charge in [0.25, 0.3) is 0 Å². The van der Waals surface area contributed by atoms with Crippen LogP contribution in [0.3, 0.4) is 0 Å². The second-order valence-corrected chi connectivity index (χ2v) is 0. The first-order valence-electron chi connectivity index (χ1n) is 3.00. The van der Waals surface area contributed by atoms with Crippen LogP contribution in [0.1, 0.15) is 78.7 Å². The van der Waals surface area contributed by atoms with Crippen LogP contribution in [-0.2, 0) is 0 Å². The van der Waals surface area contributed by atoms with Gasteiger partial charge in [0.2, 0.25) is 0 Å². The normalized spacial score (nSPS) is 0.383. The second kappa shape index (κ2) is 1260000. The minimum absolute atomic E-state index is 0. The summed E-state index contributed by atoms with van der Waals surface area (Å²) in [5.74, 6) is 0. The summed E-state index contributed by atoms with van der Waals surface area (Å²) in [5.41, 5.74) is 0. The van der Waals surface area contributed by atoms with E-state index in [9.17, 15) is 0 Å². The third-order valence-corrected chi connectivity index (χ3v) is 0. The molecule has 47 heavy (non-hydrogen) atoms. The van der Waals surface area contributed by atoms with Crippen LogP contribution in [0.5, 0.6) is 0 Å². The van der Waals surface area contributed by atoms with Crippen molar-refractivity contribution in [2.24, 2.45) is 0 Å². The third-order valence-electron chi connectivity index (χ3n) is 0. The van der Waals surface area contributed by atoms with Gasteiger partial charge in [-0.25, -0.2) is 0 Å². The van der Waals surface area contributed by atoms with E-state index in [-0.39, 0.29) is 266 Å². The van der Waals surface area contributed by atoms with Crippen molar-refractivity contribution in [2.75, 3.05) is 0 Å². The zero-order chi connectivity index (χ0) is 6.00. The molecule has 0 radical (unpaired) electrons. The molecule has 0 saturated heterocycles. The Hall–Kier alpha value is -0.270. The highest BCUT2D eigenvalue weighted by atomic mass is 32.1. The van der Waals surface area contributed by atoms with Crippen LogP contribution >= 0.6 is 40.5 Å². The predicted octanol–water partition coefficient (Wildman–Crippen LogP) is -8.78. The molecule has 33 nitrogen and oxygen atoms in total. The Kier molecular flexibility index (Phi) is 350000000. The fraction of sp³-hybridized carbons (Fsp3) is 1.00. The Morgan fingerprint density at radius 1 is 0.128 bits per heavy atom. The smallest absolute Gasteiger partial charge is 0.0683 e. The van der Waals surface area contributed by atoms with Crippen molar-refractivity contribution in [3.63, 3.8) is 0 Å². The maximum absolute atomic E-state index is 2.00. The summed E-state index contributed by atoms with van der Waals surface area (Å²) >= 11 is 0. The van der Waals surface area contributed by atoms with E-state index in [1.807, 2.05) is 41.5 Å². The summed E-state index contributed by atoms with van der Waals surface area (Å²) in [5, 5.41) is 0. The van der Waals surface area contributed by atoms with Crippen molar-refractivity contribution >= 4 is 40.5 Å². The SMILES string of the molecule is C.C.C.C.C.CC.CC.CC.N.N.N.N.N.N.N.N.N.N.N.N.O.O.O.O.O.O.O.O.O.O.O.O.O.O.O.O.O.O.O.O.O.S.S.S. The van der Waals surface area contributed by atoms with Gasteiger partial charge in [-0.2, -0.15) is 40.5 Å². The van der Waals surface area contributed by atoms with E-state index >= 15 is 0 Å². The van der Waals surface area contributed by atoms with E-state index in [2.05, 4.69) is 0 Å². The molecule has 0 heterocycles. The standard InChI is InChI=1S/3C2H6.5CH4.12H3N.21H2O.3H2S/c3*1-2;;;;;;;;;;;;;;;;;;;;;;;;;;;;;;;;;;;;;;;;;/h3*1-2H3;5*1H4;12*1H3;24*1H2. The van der Waals surface area contributed by atoms with E-state index in [0.717, 1.165) is 0 Å². The van der Waals surface area contributed by atoms with Crippen LogP contribution in [-0.4, -0.2) is 115 Å². The summed E-state index contributed by atoms with van der Waals surface area (Å²) in [4.78, 5) is 0. The molecule has 370 valence electrons. The first-order valence-corrected chi connectivity index (χ1v) is 3.00. The number of hydrogen-bond acceptors (Lipinski definition) is 12. The average Bonchev–Trinajstić information content (AvgIpc) is 1.81. The Morgan fingerprint density at radius 2 is 0.128 bits per heavy atom. The molecule has 0 aliphatic rings. The molecular weight excluding hydrogens is 732 g/mol. The van der Waals surface area contributed by atoms with Crippen LogP contribution in [0.4, 0.5) is 0 Å². The molecule has 0 aromatic rings. The monoisotopic (exact) mass is 855 g/mol. The van der Waals surface area contributed by atoms with Gasteiger partial charge in [-0.1, -0.05) is 78.7 Å². The Bertz CT molecular complexity index is 83.0. The van der Waals surface area contributed by atoms with Gasteiger partial charge in [0.1, 0.15) is 0 Å². The van der Waals surface area contributed by atoms with E-state index in [1.165, 1.54) is 0 Å². The van der Waals surface area contributed by atoms with Gasteiger partial charge in [0.05, 0.1) is 0 Å². The average molecular weight is 855 g/mol. The number of rotatable bonds is 0. The predicted molar refractivity (Wildman–Crippen MR) is 235 cm³/mol. The van der Waals surface area contributed by atoms with Crippen molar-refractivity contribution in [1.29, 1.82) is 0 Å². The molecule has 0 fully saturated rings. The zero-order valence-corrected chi connectivity index (χ0v) is 29.5. The van der Waals surface area contributed by atoms with Gasteiger partial charge >= 0.3 is 0 Å². The first kappa shape index (κ1) is 13100. The minimum atomic E-state index is 0. The summed E-state index contributed by atoms with van der Waals surface area (Å²) in [6.07, 6.45) is 0. The van der Waals surface area contributed by atoms with Gasteiger partial charge < -0.3 is 189 Å². The topological polar surface area (TPSA) is 1080 Å². The molecule has 0 atom stereocenters. The van der Waals surface area contributed by atoms with Gasteiger partial charge in [-0.15, -0.1) is 0 Å². The first-order chi connectivity index (χ1) is 3.00. The highest BCUT2D eigenvalue weighted by molar-refractivity contribution is 7.59. The van der Waals surface area contributed by atoms with Crippen LogP contribution in [0.2, 0.25) is 0 Å². The second-order valence-electron chi connectivity index (χ2n) is 0. The van der Waals surface area contributed by atoms with Crippen molar-refractivity contribution < 1.29 is 115 Å². The molecule has 0 spiro atoms. The van der Waals surface area contributed by atoms with Crippen LogP contribution < -0.4 is 73.8 Å².